The van der Waals surface area contributed by atoms with Crippen LogP contribution in [0.5, 0.6) is 0 Å². The number of nitrogens with two attached hydrogens (primary N) is 2. The Morgan fingerprint density at radius 3 is 2.65 bits per heavy atom. The van der Waals surface area contributed by atoms with E-state index in [1.807, 2.05) is 10.6 Å². The molecule has 5 aromatic rings. The number of fused-ring (bicyclic) bond motifs is 1. The number of nitrogen functional groups attached to an aromatic ring is 1. The first-order chi connectivity index (χ1) is 19.3. The third-order valence-corrected chi connectivity index (χ3v) is 7.25. The van der Waals surface area contributed by atoms with Gasteiger partial charge in [-0.1, -0.05) is 6.07 Å². The largest absolute Gasteiger partial charge is 0.382 e. The molecule has 6 rings (SSSR count). The maximum absolute atomic E-state index is 13.6. The molecule has 1 aliphatic rings. The van der Waals surface area contributed by atoms with Crippen LogP contribution >= 0.6 is 0 Å². The van der Waals surface area contributed by atoms with Gasteiger partial charge in [-0.25, -0.2) is 33.1 Å². The summed E-state index contributed by atoms with van der Waals surface area (Å²) in [6.45, 7) is 1.43. The molecular weight excluding hydrogens is 519 g/mol. The van der Waals surface area contributed by atoms with E-state index in [0.717, 1.165) is 23.2 Å². The third-order valence-electron chi connectivity index (χ3n) is 7.25. The van der Waals surface area contributed by atoms with E-state index in [4.69, 9.17) is 11.5 Å². The first-order valence-electron chi connectivity index (χ1n) is 12.8. The molecule has 0 bridgehead atoms. The van der Waals surface area contributed by atoms with Gasteiger partial charge in [-0.15, -0.1) is 0 Å². The molecule has 12 heteroatoms. The molecule has 1 fully saturated rings. The molecule has 0 unspecified atom stereocenters. The summed E-state index contributed by atoms with van der Waals surface area (Å²) >= 11 is 0. The average Bonchev–Trinajstić information content (AvgIpc) is 3.37. The molecule has 0 aliphatic carbocycles. The Balaban J connectivity index is 1.40. The van der Waals surface area contributed by atoms with E-state index < -0.39 is 12.0 Å². The molecule has 1 saturated heterocycles. The monoisotopic (exact) mass is 545 g/mol. The molecule has 0 radical (unpaired) electrons. The summed E-state index contributed by atoms with van der Waals surface area (Å²) in [4.78, 5) is 23.8. The van der Waals surface area contributed by atoms with E-state index in [1.165, 1.54) is 24.5 Å². The number of nitrogens with zero attached hydrogens (tertiary/aromatic N) is 7. The summed E-state index contributed by atoms with van der Waals surface area (Å²) in [6, 6.07) is 12.7. The van der Waals surface area contributed by atoms with Crippen molar-refractivity contribution in [1.82, 2.24) is 29.5 Å². The van der Waals surface area contributed by atoms with Crippen LogP contribution in [-0.2, 0) is 12.1 Å². The van der Waals surface area contributed by atoms with Crippen LogP contribution in [0.1, 0.15) is 36.2 Å². The second kappa shape index (κ2) is 10.2. The van der Waals surface area contributed by atoms with Crippen LogP contribution < -0.4 is 16.4 Å². The number of hydrogen-bond acceptors (Lipinski definition) is 8. The highest BCUT2D eigenvalue weighted by Crippen LogP contribution is 2.35. The number of alkyl halides is 2. The van der Waals surface area contributed by atoms with Gasteiger partial charge < -0.3 is 20.9 Å². The first kappa shape index (κ1) is 25.7. The van der Waals surface area contributed by atoms with Crippen LogP contribution in [0.15, 0.2) is 67.4 Å². The highest BCUT2D eigenvalue weighted by atomic mass is 19.3. The van der Waals surface area contributed by atoms with E-state index in [9.17, 15) is 13.2 Å². The van der Waals surface area contributed by atoms with E-state index in [-0.39, 0.29) is 17.3 Å². The summed E-state index contributed by atoms with van der Waals surface area (Å²) < 4.78 is 42.2. The second-order valence-electron chi connectivity index (χ2n) is 9.94. The van der Waals surface area contributed by atoms with Crippen molar-refractivity contribution in [2.24, 2.45) is 5.73 Å². The summed E-state index contributed by atoms with van der Waals surface area (Å²) in [5.41, 5.74) is 16.3. The summed E-state index contributed by atoms with van der Waals surface area (Å²) in [6.07, 6.45) is 3.46. The highest BCUT2D eigenvalue weighted by Gasteiger charge is 2.36. The van der Waals surface area contributed by atoms with Crippen molar-refractivity contribution in [3.05, 3.63) is 90.2 Å². The number of benzene rings is 1. The zero-order chi connectivity index (χ0) is 27.9. The third kappa shape index (κ3) is 4.81. The van der Waals surface area contributed by atoms with Gasteiger partial charge in [0, 0.05) is 18.7 Å². The van der Waals surface area contributed by atoms with Gasteiger partial charge in [0.25, 0.3) is 6.43 Å². The van der Waals surface area contributed by atoms with Crippen molar-refractivity contribution in [2.45, 2.75) is 31.4 Å². The quantitative estimate of drug-likeness (QED) is 0.321. The van der Waals surface area contributed by atoms with Crippen LogP contribution in [0.4, 0.5) is 24.7 Å². The Bertz CT molecular complexity index is 1670. The molecule has 40 heavy (non-hydrogen) atoms. The molecule has 0 spiro atoms. The first-order valence-corrected chi connectivity index (χ1v) is 12.8. The van der Waals surface area contributed by atoms with Crippen LogP contribution in [0.3, 0.4) is 0 Å². The number of halogens is 3. The topological polar surface area (TPSA) is 125 Å². The number of rotatable bonds is 6. The summed E-state index contributed by atoms with van der Waals surface area (Å²) in [7, 11) is 0. The molecule has 4 aromatic heterocycles. The maximum atomic E-state index is 13.6. The van der Waals surface area contributed by atoms with Crippen molar-refractivity contribution in [3.63, 3.8) is 0 Å². The molecule has 4 N–H and O–H groups in total. The van der Waals surface area contributed by atoms with Gasteiger partial charge in [-0.3, -0.25) is 4.98 Å². The maximum Gasteiger partial charge on any atom is 0.280 e. The second-order valence-corrected chi connectivity index (χ2v) is 9.94. The van der Waals surface area contributed by atoms with Crippen LogP contribution in [0.25, 0.3) is 22.4 Å². The minimum atomic E-state index is -2.68. The Morgan fingerprint density at radius 2 is 1.85 bits per heavy atom. The SMILES string of the molecule is Nc1ncnc2c1ncn2Cc1cc(-c2ccc(F)cc2)ncc1N1CCC[C@](N)(c2cccc(C(F)F)n2)C1. The van der Waals surface area contributed by atoms with Gasteiger partial charge in [0.05, 0.1) is 41.7 Å². The van der Waals surface area contributed by atoms with Gasteiger partial charge in [0.1, 0.15) is 23.4 Å². The molecule has 204 valence electrons. The Morgan fingerprint density at radius 1 is 1.02 bits per heavy atom. The van der Waals surface area contributed by atoms with Gasteiger partial charge in [-0.05, 0) is 60.9 Å². The molecule has 0 saturated carbocycles. The summed E-state index contributed by atoms with van der Waals surface area (Å²) in [5.74, 6) is -0.0481. The predicted octanol–water partition coefficient (Wildman–Crippen LogP) is 4.44. The molecule has 1 atom stereocenters. The minimum Gasteiger partial charge on any atom is -0.382 e. The number of anilines is 2. The smallest absolute Gasteiger partial charge is 0.280 e. The highest BCUT2D eigenvalue weighted by molar-refractivity contribution is 5.81. The fourth-order valence-electron chi connectivity index (χ4n) is 5.23. The molecule has 9 nitrogen and oxygen atoms in total. The zero-order valence-electron chi connectivity index (χ0n) is 21.4. The fraction of sp³-hybridized carbons (Fsp3) is 0.250. The normalized spacial score (nSPS) is 17.6. The van der Waals surface area contributed by atoms with Gasteiger partial charge >= 0.3 is 0 Å². The number of pyridine rings is 2. The molecular formula is C28H26F3N9. The number of hydrogen-bond donors (Lipinski definition) is 2. The molecule has 1 aliphatic heterocycles. The lowest BCUT2D eigenvalue weighted by molar-refractivity contribution is 0.145. The van der Waals surface area contributed by atoms with Crippen LogP contribution in [0, 0.1) is 5.82 Å². The lowest BCUT2D eigenvalue weighted by atomic mass is 9.86. The lowest BCUT2D eigenvalue weighted by Crippen LogP contribution is -2.52. The van der Waals surface area contributed by atoms with Crippen molar-refractivity contribution >= 4 is 22.7 Å². The molecule has 1 aromatic carbocycles. The van der Waals surface area contributed by atoms with E-state index >= 15 is 0 Å². The molecule has 0 amide bonds. The Kier molecular flexibility index (Phi) is 6.54. The van der Waals surface area contributed by atoms with Gasteiger partial charge in [-0.2, -0.15) is 0 Å². The minimum absolute atomic E-state index is 0.285. The van der Waals surface area contributed by atoms with Crippen LogP contribution in [-0.4, -0.2) is 42.6 Å². The average molecular weight is 546 g/mol. The van der Waals surface area contributed by atoms with Gasteiger partial charge in [0.15, 0.2) is 11.5 Å². The summed E-state index contributed by atoms with van der Waals surface area (Å²) in [5, 5.41) is 0. The fourth-order valence-corrected chi connectivity index (χ4v) is 5.23. The predicted molar refractivity (Wildman–Crippen MR) is 145 cm³/mol. The van der Waals surface area contributed by atoms with E-state index in [0.29, 0.717) is 48.6 Å². The molecule has 5 heterocycles. The van der Waals surface area contributed by atoms with Crippen molar-refractivity contribution in [2.75, 3.05) is 23.7 Å². The van der Waals surface area contributed by atoms with Crippen molar-refractivity contribution in [1.29, 1.82) is 0 Å². The number of piperidine rings is 1. The standard InChI is InChI=1S/C28H26F3N9/c29-19-7-5-17(6-8-19)21-11-18(13-40-16-37-24-26(32)35-15-36-27(24)40)22(12-34-21)39-10-2-9-28(33,14-39)23-4-1-3-20(38-23)25(30)31/h1,3-8,11-12,15-16,25H,2,9-10,13-14,33H2,(H2,32,35,36)/t28-/m1/s1. The van der Waals surface area contributed by atoms with Gasteiger partial charge in [0.2, 0.25) is 0 Å². The Labute approximate surface area is 227 Å². The van der Waals surface area contributed by atoms with Crippen molar-refractivity contribution < 1.29 is 13.2 Å². The van der Waals surface area contributed by atoms with Crippen LogP contribution in [0.2, 0.25) is 0 Å². The van der Waals surface area contributed by atoms with Crippen molar-refractivity contribution in [3.8, 4) is 11.3 Å². The van der Waals surface area contributed by atoms with E-state index in [1.54, 1.807) is 36.8 Å². The lowest BCUT2D eigenvalue weighted by Gasteiger charge is -2.41. The van der Waals surface area contributed by atoms with E-state index in [2.05, 4.69) is 29.8 Å². The number of imidazole rings is 1. The zero-order valence-corrected chi connectivity index (χ0v) is 21.4. The Hall–Kier alpha value is -4.58. The number of aromatic nitrogens is 6.